The van der Waals surface area contributed by atoms with E-state index in [4.69, 9.17) is 10.5 Å². The third-order valence-electron chi connectivity index (χ3n) is 5.40. The lowest BCUT2D eigenvalue weighted by Crippen LogP contribution is -2.17. The van der Waals surface area contributed by atoms with E-state index in [2.05, 4.69) is 36.1 Å². The molecule has 0 aliphatic heterocycles. The molecule has 0 saturated heterocycles. The van der Waals surface area contributed by atoms with Crippen molar-refractivity contribution in [1.29, 1.82) is 0 Å². The summed E-state index contributed by atoms with van der Waals surface area (Å²) in [6.07, 6.45) is 2.48. The quantitative estimate of drug-likeness (QED) is 0.217. The number of aryl methyl sites for hydroxylation is 1. The van der Waals surface area contributed by atoms with Gasteiger partial charge in [-0.1, -0.05) is 12.1 Å². The molecule has 36 heavy (non-hydrogen) atoms. The molecule has 0 fully saturated rings. The van der Waals surface area contributed by atoms with Crippen molar-refractivity contribution in [1.82, 2.24) is 25.5 Å². The fraction of sp³-hybridized carbons (Fsp3) is 0.125. The highest BCUT2D eigenvalue weighted by Crippen LogP contribution is 2.36. The number of aromatic nitrogens is 4. The third-order valence-corrected chi connectivity index (χ3v) is 5.40. The van der Waals surface area contributed by atoms with Crippen LogP contribution in [0.25, 0.3) is 11.1 Å². The summed E-state index contributed by atoms with van der Waals surface area (Å²) >= 11 is 0. The van der Waals surface area contributed by atoms with Gasteiger partial charge in [0.25, 0.3) is 11.8 Å². The number of anilines is 4. The monoisotopic (exact) mass is 488 g/mol. The molecule has 4 rings (SSSR count). The Hall–Kier alpha value is -5.13. The van der Waals surface area contributed by atoms with Gasteiger partial charge in [0.1, 0.15) is 17.1 Å². The Morgan fingerprint density at radius 3 is 2.53 bits per heavy atom. The molecule has 0 aliphatic rings. The van der Waals surface area contributed by atoms with Gasteiger partial charge in [-0.05, 0) is 47.9 Å². The van der Waals surface area contributed by atoms with Crippen LogP contribution >= 0.6 is 0 Å². The zero-order valence-electron chi connectivity index (χ0n) is 19.7. The largest absolute Gasteiger partial charge is 0.503 e. The van der Waals surface area contributed by atoms with Gasteiger partial charge in [0.05, 0.1) is 25.2 Å². The molecular formula is C24H24N8O4. The summed E-state index contributed by atoms with van der Waals surface area (Å²) in [5.41, 5.74) is 9.38. The molecule has 0 atom stereocenters. The van der Waals surface area contributed by atoms with Gasteiger partial charge < -0.3 is 31.5 Å². The van der Waals surface area contributed by atoms with Crippen LogP contribution in [0, 0.1) is 6.92 Å². The number of carbonyl (C=O) groups is 2. The smallest absolute Gasteiger partial charge is 0.254 e. The van der Waals surface area contributed by atoms with E-state index in [0.717, 1.165) is 16.7 Å². The molecule has 0 spiro atoms. The molecule has 2 heterocycles. The van der Waals surface area contributed by atoms with E-state index in [1.165, 1.54) is 12.4 Å². The van der Waals surface area contributed by atoms with Gasteiger partial charge in [-0.25, -0.2) is 4.98 Å². The van der Waals surface area contributed by atoms with Gasteiger partial charge in [0, 0.05) is 12.6 Å². The summed E-state index contributed by atoms with van der Waals surface area (Å²) in [5.74, 6) is -0.189. The number of carbonyl (C=O) groups excluding carboxylic acids is 2. The summed E-state index contributed by atoms with van der Waals surface area (Å²) in [4.78, 5) is 31.8. The average Bonchev–Trinajstić information content (AvgIpc) is 3.34. The van der Waals surface area contributed by atoms with Crippen molar-refractivity contribution in [3.63, 3.8) is 0 Å². The molecule has 0 radical (unpaired) electrons. The van der Waals surface area contributed by atoms with Crippen LogP contribution in [-0.2, 0) is 0 Å². The van der Waals surface area contributed by atoms with Crippen molar-refractivity contribution >= 4 is 35.1 Å². The Kier molecular flexibility index (Phi) is 6.68. The van der Waals surface area contributed by atoms with Gasteiger partial charge >= 0.3 is 0 Å². The lowest BCUT2D eigenvalue weighted by molar-refractivity contribution is 0.0961. The molecular weight excluding hydrogens is 464 g/mol. The van der Waals surface area contributed by atoms with Crippen LogP contribution < -0.4 is 26.4 Å². The fourth-order valence-electron chi connectivity index (χ4n) is 3.55. The normalized spacial score (nSPS) is 10.5. The summed E-state index contributed by atoms with van der Waals surface area (Å²) in [5, 5.41) is 25.1. The Morgan fingerprint density at radius 2 is 1.86 bits per heavy atom. The van der Waals surface area contributed by atoms with Gasteiger partial charge in [-0.3, -0.25) is 14.7 Å². The molecule has 2 aromatic carbocycles. The maximum Gasteiger partial charge on any atom is 0.254 e. The van der Waals surface area contributed by atoms with Crippen molar-refractivity contribution in [2.45, 2.75) is 6.92 Å². The number of methoxy groups -OCH3 is 1. The first-order valence-electron chi connectivity index (χ1n) is 10.7. The van der Waals surface area contributed by atoms with Crippen molar-refractivity contribution < 1.29 is 19.4 Å². The van der Waals surface area contributed by atoms with Crippen molar-refractivity contribution in [3.05, 3.63) is 65.5 Å². The lowest BCUT2D eigenvalue weighted by atomic mass is 9.98. The van der Waals surface area contributed by atoms with Gasteiger partial charge in [0.15, 0.2) is 11.6 Å². The predicted octanol–water partition coefficient (Wildman–Crippen LogP) is 2.84. The van der Waals surface area contributed by atoms with Crippen LogP contribution in [-0.4, -0.2) is 51.2 Å². The second-order valence-electron chi connectivity index (χ2n) is 7.72. The number of amides is 2. The van der Waals surface area contributed by atoms with E-state index in [1.54, 1.807) is 26.3 Å². The minimum absolute atomic E-state index is 0.0303. The van der Waals surface area contributed by atoms with E-state index < -0.39 is 5.91 Å². The zero-order valence-corrected chi connectivity index (χ0v) is 19.7. The molecule has 184 valence electrons. The number of ether oxygens (including phenoxy) is 1. The molecule has 12 nitrogen and oxygen atoms in total. The molecule has 0 aliphatic carbocycles. The van der Waals surface area contributed by atoms with Crippen molar-refractivity contribution in [2.75, 3.05) is 24.8 Å². The highest BCUT2D eigenvalue weighted by atomic mass is 16.5. The lowest BCUT2D eigenvalue weighted by Gasteiger charge is -2.16. The molecule has 4 aromatic rings. The van der Waals surface area contributed by atoms with E-state index in [1.807, 2.05) is 31.2 Å². The SMILES string of the molecule is CNC(=O)c1ccc(-c2cc(OC)c(Nc3ncc(O)c(Nc4[nH]ncc4C(N)=O)n3)cc2C)cc1. The number of nitrogens with one attached hydrogen (secondary N) is 4. The van der Waals surface area contributed by atoms with E-state index in [0.29, 0.717) is 17.0 Å². The molecule has 7 N–H and O–H groups in total. The standard InChI is InChI=1S/C24H24N8O4/c1-12-8-17(19(36-3)9-15(12)13-4-6-14(7-5-13)23(35)26-2)29-24-27-11-18(33)22(31-24)30-21-16(20(25)34)10-28-32-21/h4-11,33H,1-3H3,(H2,25,34)(H,26,35)(H3,27,28,29,30,31,32). The van der Waals surface area contributed by atoms with E-state index >= 15 is 0 Å². The molecule has 0 unspecified atom stereocenters. The first-order chi connectivity index (χ1) is 17.3. The number of primary amides is 1. The van der Waals surface area contributed by atoms with E-state index in [9.17, 15) is 14.7 Å². The Labute approximate surface area is 205 Å². The zero-order chi connectivity index (χ0) is 25.8. The first-order valence-corrected chi connectivity index (χ1v) is 10.7. The Bertz CT molecular complexity index is 1430. The van der Waals surface area contributed by atoms with Crippen molar-refractivity contribution in [2.24, 2.45) is 5.73 Å². The number of aromatic hydroxyl groups is 1. The van der Waals surface area contributed by atoms with Crippen LogP contribution in [0.5, 0.6) is 11.5 Å². The molecule has 12 heteroatoms. The first kappa shape index (κ1) is 24.0. The molecule has 0 saturated carbocycles. The minimum atomic E-state index is -0.693. The van der Waals surface area contributed by atoms with Gasteiger partial charge in [-0.2, -0.15) is 10.1 Å². The van der Waals surface area contributed by atoms with Crippen LogP contribution in [0.4, 0.5) is 23.3 Å². The highest BCUT2D eigenvalue weighted by Gasteiger charge is 2.16. The van der Waals surface area contributed by atoms with Gasteiger partial charge in [0.2, 0.25) is 5.95 Å². The van der Waals surface area contributed by atoms with E-state index in [-0.39, 0.29) is 34.8 Å². The number of benzene rings is 2. The number of nitrogens with zero attached hydrogens (tertiary/aromatic N) is 3. The summed E-state index contributed by atoms with van der Waals surface area (Å²) in [6.45, 7) is 1.95. The second kappa shape index (κ2) is 10.0. The molecule has 2 aromatic heterocycles. The van der Waals surface area contributed by atoms with Gasteiger partial charge in [-0.15, -0.1) is 0 Å². The Balaban J connectivity index is 1.62. The average molecular weight is 489 g/mol. The summed E-state index contributed by atoms with van der Waals surface area (Å²) < 4.78 is 5.58. The number of rotatable bonds is 8. The molecule has 2 amide bonds. The van der Waals surface area contributed by atoms with Crippen molar-refractivity contribution in [3.8, 4) is 22.6 Å². The van der Waals surface area contributed by atoms with Crippen LogP contribution in [0.15, 0.2) is 48.8 Å². The summed E-state index contributed by atoms with van der Waals surface area (Å²) in [6, 6.07) is 11.0. The Morgan fingerprint density at radius 1 is 1.11 bits per heavy atom. The number of aromatic amines is 1. The number of H-pyrrole nitrogens is 1. The number of nitrogens with two attached hydrogens (primary N) is 1. The maximum atomic E-state index is 11.8. The summed E-state index contributed by atoms with van der Waals surface area (Å²) in [7, 11) is 3.13. The van der Waals surface area contributed by atoms with Crippen LogP contribution in [0.2, 0.25) is 0 Å². The van der Waals surface area contributed by atoms with Crippen LogP contribution in [0.1, 0.15) is 26.3 Å². The second-order valence-corrected chi connectivity index (χ2v) is 7.72. The predicted molar refractivity (Wildman–Crippen MR) is 134 cm³/mol. The fourth-order valence-corrected chi connectivity index (χ4v) is 3.55. The molecule has 0 bridgehead atoms. The number of hydrogen-bond acceptors (Lipinski definition) is 9. The van der Waals surface area contributed by atoms with Crippen LogP contribution in [0.3, 0.4) is 0 Å². The highest BCUT2D eigenvalue weighted by molar-refractivity contribution is 5.98. The maximum absolute atomic E-state index is 11.8. The number of hydrogen-bond donors (Lipinski definition) is 6. The topological polar surface area (TPSA) is 180 Å². The third kappa shape index (κ3) is 4.87. The minimum Gasteiger partial charge on any atom is -0.503 e.